The van der Waals surface area contributed by atoms with E-state index in [1.54, 1.807) is 0 Å². The molecular formula is C20H22N2O3. The molecule has 0 aliphatic heterocycles. The van der Waals surface area contributed by atoms with Crippen LogP contribution in [0, 0.1) is 12.3 Å². The van der Waals surface area contributed by atoms with E-state index in [2.05, 4.69) is 16.6 Å². The van der Waals surface area contributed by atoms with E-state index in [-0.39, 0.29) is 19.2 Å². The third kappa shape index (κ3) is 6.21. The van der Waals surface area contributed by atoms with Crippen LogP contribution >= 0.6 is 0 Å². The van der Waals surface area contributed by atoms with E-state index in [0.717, 1.165) is 16.9 Å². The van der Waals surface area contributed by atoms with E-state index < -0.39 is 6.04 Å². The summed E-state index contributed by atoms with van der Waals surface area (Å²) in [6.07, 6.45) is 5.84. The summed E-state index contributed by atoms with van der Waals surface area (Å²) in [7, 11) is 0. The minimum atomic E-state index is -0.422. The van der Waals surface area contributed by atoms with Crippen LogP contribution in [0.1, 0.15) is 17.2 Å². The third-order valence-electron chi connectivity index (χ3n) is 3.63. The number of urea groups is 1. The lowest BCUT2D eigenvalue weighted by molar-refractivity contribution is 0.217. The lowest BCUT2D eigenvalue weighted by atomic mass is 10.1. The van der Waals surface area contributed by atoms with Gasteiger partial charge in [-0.15, -0.1) is 6.42 Å². The van der Waals surface area contributed by atoms with Crippen LogP contribution in [0.5, 0.6) is 5.75 Å². The summed E-state index contributed by atoms with van der Waals surface area (Å²) < 4.78 is 5.31. The first kappa shape index (κ1) is 18.4. The molecule has 0 fully saturated rings. The van der Waals surface area contributed by atoms with Gasteiger partial charge in [0.15, 0.2) is 0 Å². The van der Waals surface area contributed by atoms with Crippen LogP contribution in [0.2, 0.25) is 0 Å². The minimum absolute atomic E-state index is 0.156. The predicted octanol–water partition coefficient (Wildman–Crippen LogP) is 2.27. The number of carbonyl (C=O) groups is 1. The molecule has 1 unspecified atom stereocenters. The van der Waals surface area contributed by atoms with E-state index in [1.165, 1.54) is 0 Å². The Balaban J connectivity index is 1.75. The predicted molar refractivity (Wildman–Crippen MR) is 97.3 cm³/mol. The average molecular weight is 338 g/mol. The molecule has 2 aromatic carbocycles. The van der Waals surface area contributed by atoms with Gasteiger partial charge < -0.3 is 20.5 Å². The van der Waals surface area contributed by atoms with Gasteiger partial charge in [-0.05, 0) is 29.7 Å². The number of aliphatic hydroxyl groups excluding tert-OH is 1. The van der Waals surface area contributed by atoms with E-state index in [4.69, 9.17) is 11.2 Å². The number of rotatable bonds is 8. The molecule has 0 bridgehead atoms. The SMILES string of the molecule is C#CCOc1ccc(CCNC(=O)NC(CO)c2ccccc2)cc1. The number of carbonyl (C=O) groups excluding carboxylic acids is 1. The van der Waals surface area contributed by atoms with Crippen molar-refractivity contribution in [3.8, 4) is 18.1 Å². The summed E-state index contributed by atoms with van der Waals surface area (Å²) in [5.41, 5.74) is 1.94. The molecule has 3 N–H and O–H groups in total. The van der Waals surface area contributed by atoms with Gasteiger partial charge in [0, 0.05) is 6.54 Å². The second-order valence-electron chi connectivity index (χ2n) is 5.43. The normalized spacial score (nSPS) is 11.2. The first-order valence-electron chi connectivity index (χ1n) is 8.08. The maximum atomic E-state index is 12.0. The Morgan fingerprint density at radius 1 is 1.16 bits per heavy atom. The Labute approximate surface area is 148 Å². The Morgan fingerprint density at radius 3 is 2.52 bits per heavy atom. The Morgan fingerprint density at radius 2 is 1.88 bits per heavy atom. The highest BCUT2D eigenvalue weighted by Gasteiger charge is 2.12. The van der Waals surface area contributed by atoms with Crippen molar-refractivity contribution in [2.45, 2.75) is 12.5 Å². The van der Waals surface area contributed by atoms with Crippen LogP contribution in [-0.2, 0) is 6.42 Å². The number of nitrogens with one attached hydrogen (secondary N) is 2. The van der Waals surface area contributed by atoms with Gasteiger partial charge in [-0.25, -0.2) is 4.79 Å². The number of hydrogen-bond acceptors (Lipinski definition) is 3. The number of hydrogen-bond donors (Lipinski definition) is 3. The molecule has 5 nitrogen and oxygen atoms in total. The van der Waals surface area contributed by atoms with Gasteiger partial charge in [0.05, 0.1) is 12.6 Å². The van der Waals surface area contributed by atoms with Crippen LogP contribution in [-0.4, -0.2) is 30.9 Å². The van der Waals surface area contributed by atoms with Gasteiger partial charge in [-0.2, -0.15) is 0 Å². The summed E-state index contributed by atoms with van der Waals surface area (Å²) >= 11 is 0. The van der Waals surface area contributed by atoms with Crippen molar-refractivity contribution in [1.29, 1.82) is 0 Å². The lowest BCUT2D eigenvalue weighted by Crippen LogP contribution is -2.40. The van der Waals surface area contributed by atoms with Crippen molar-refractivity contribution in [3.63, 3.8) is 0 Å². The fourth-order valence-electron chi connectivity index (χ4n) is 2.33. The van der Waals surface area contributed by atoms with Crippen molar-refractivity contribution < 1.29 is 14.6 Å². The molecule has 0 aromatic heterocycles. The number of aliphatic hydroxyl groups is 1. The van der Waals surface area contributed by atoms with Crippen LogP contribution < -0.4 is 15.4 Å². The van der Waals surface area contributed by atoms with Gasteiger partial charge in [-0.3, -0.25) is 0 Å². The highest BCUT2D eigenvalue weighted by Crippen LogP contribution is 2.13. The topological polar surface area (TPSA) is 70.6 Å². The molecule has 0 spiro atoms. The Hall–Kier alpha value is -2.97. The molecule has 0 aliphatic carbocycles. The van der Waals surface area contributed by atoms with Gasteiger partial charge in [-0.1, -0.05) is 48.4 Å². The first-order valence-corrected chi connectivity index (χ1v) is 8.08. The fourth-order valence-corrected chi connectivity index (χ4v) is 2.33. The van der Waals surface area contributed by atoms with Gasteiger partial charge in [0.25, 0.3) is 0 Å². The zero-order valence-electron chi connectivity index (χ0n) is 13.9. The van der Waals surface area contributed by atoms with Crippen molar-refractivity contribution in [2.75, 3.05) is 19.8 Å². The van der Waals surface area contributed by atoms with Gasteiger partial charge >= 0.3 is 6.03 Å². The molecule has 0 saturated carbocycles. The maximum Gasteiger partial charge on any atom is 0.315 e. The Kier molecular flexibility index (Phi) is 7.36. The first-order chi connectivity index (χ1) is 12.2. The van der Waals surface area contributed by atoms with Gasteiger partial charge in [0.1, 0.15) is 12.4 Å². The van der Waals surface area contributed by atoms with Crippen molar-refractivity contribution in [1.82, 2.24) is 10.6 Å². The molecular weight excluding hydrogens is 316 g/mol. The molecule has 130 valence electrons. The van der Waals surface area contributed by atoms with E-state index in [1.807, 2.05) is 54.6 Å². The zero-order chi connectivity index (χ0) is 17.9. The zero-order valence-corrected chi connectivity index (χ0v) is 13.9. The van der Waals surface area contributed by atoms with Crippen LogP contribution in [0.4, 0.5) is 4.79 Å². The quantitative estimate of drug-likeness (QED) is 0.647. The van der Waals surface area contributed by atoms with Crippen molar-refractivity contribution in [3.05, 3.63) is 65.7 Å². The van der Waals surface area contributed by atoms with Crippen molar-refractivity contribution in [2.24, 2.45) is 0 Å². The number of ether oxygens (including phenoxy) is 1. The smallest absolute Gasteiger partial charge is 0.315 e. The van der Waals surface area contributed by atoms with E-state index in [9.17, 15) is 9.90 Å². The van der Waals surface area contributed by atoms with E-state index >= 15 is 0 Å². The lowest BCUT2D eigenvalue weighted by Gasteiger charge is -2.17. The van der Waals surface area contributed by atoms with Crippen LogP contribution in [0.3, 0.4) is 0 Å². The molecule has 2 aromatic rings. The summed E-state index contributed by atoms with van der Waals surface area (Å²) in [6, 6.07) is 16.2. The van der Waals surface area contributed by atoms with Crippen LogP contribution in [0.15, 0.2) is 54.6 Å². The summed E-state index contributed by atoms with van der Waals surface area (Å²) in [5, 5.41) is 15.0. The standard InChI is InChI=1S/C20H22N2O3/c1-2-14-25-18-10-8-16(9-11-18)12-13-21-20(24)22-19(15-23)17-6-4-3-5-7-17/h1,3-11,19,23H,12-15H2,(H2,21,22,24). The molecule has 2 rings (SSSR count). The Bertz CT molecular complexity index is 693. The maximum absolute atomic E-state index is 12.0. The summed E-state index contributed by atoms with van der Waals surface area (Å²) in [6.45, 7) is 0.578. The molecule has 2 amide bonds. The number of benzene rings is 2. The summed E-state index contributed by atoms with van der Waals surface area (Å²) in [5.74, 6) is 3.14. The molecule has 5 heteroatoms. The monoisotopic (exact) mass is 338 g/mol. The number of terminal acetylenes is 1. The summed E-state index contributed by atoms with van der Waals surface area (Å²) in [4.78, 5) is 12.0. The van der Waals surface area contributed by atoms with Gasteiger partial charge in [0.2, 0.25) is 0 Å². The second kappa shape index (κ2) is 10.0. The molecule has 1 atom stereocenters. The third-order valence-corrected chi connectivity index (χ3v) is 3.63. The molecule has 0 saturated heterocycles. The van der Waals surface area contributed by atoms with E-state index in [0.29, 0.717) is 13.0 Å². The highest BCUT2D eigenvalue weighted by molar-refractivity contribution is 5.74. The van der Waals surface area contributed by atoms with Crippen molar-refractivity contribution >= 4 is 6.03 Å². The molecule has 25 heavy (non-hydrogen) atoms. The molecule has 0 aliphatic rings. The fraction of sp³-hybridized carbons (Fsp3) is 0.250. The molecule has 0 radical (unpaired) electrons. The minimum Gasteiger partial charge on any atom is -0.481 e. The highest BCUT2D eigenvalue weighted by atomic mass is 16.5. The molecule has 0 heterocycles. The average Bonchev–Trinajstić information content (AvgIpc) is 2.66. The second-order valence-corrected chi connectivity index (χ2v) is 5.43. The van der Waals surface area contributed by atoms with Crippen LogP contribution in [0.25, 0.3) is 0 Å². The number of amides is 2. The largest absolute Gasteiger partial charge is 0.481 e.